The van der Waals surface area contributed by atoms with E-state index in [0.717, 1.165) is 27.5 Å². The number of fused-ring (bicyclic) bond motifs is 1. The maximum absolute atomic E-state index is 12.0. The van der Waals surface area contributed by atoms with Gasteiger partial charge >= 0.3 is 0 Å². The minimum Gasteiger partial charge on any atom is -0.497 e. The Morgan fingerprint density at radius 3 is 2.68 bits per heavy atom. The van der Waals surface area contributed by atoms with Crippen molar-refractivity contribution in [1.82, 2.24) is 14.9 Å². The van der Waals surface area contributed by atoms with Crippen molar-refractivity contribution < 1.29 is 9.53 Å². The number of amides is 1. The first-order chi connectivity index (χ1) is 12.2. The predicted octanol–water partition coefficient (Wildman–Crippen LogP) is 3.38. The molecule has 0 aliphatic rings. The molecule has 25 heavy (non-hydrogen) atoms. The van der Waals surface area contributed by atoms with Gasteiger partial charge in [0.05, 0.1) is 18.1 Å². The standard InChI is InChI=1S/C19H21N3O2S/c1-22-17-6-4-3-5-16(17)21-19(22)25-12-11-18(23)20-13-14-7-9-15(24-2)10-8-14/h3-10H,11-13H2,1-2H3,(H,20,23). The van der Waals surface area contributed by atoms with E-state index in [1.54, 1.807) is 18.9 Å². The van der Waals surface area contributed by atoms with Gasteiger partial charge in [-0.15, -0.1) is 0 Å². The van der Waals surface area contributed by atoms with Gasteiger partial charge in [0.15, 0.2) is 5.16 Å². The van der Waals surface area contributed by atoms with Crippen LogP contribution >= 0.6 is 11.8 Å². The smallest absolute Gasteiger partial charge is 0.221 e. The highest BCUT2D eigenvalue weighted by molar-refractivity contribution is 7.99. The van der Waals surface area contributed by atoms with Crippen LogP contribution < -0.4 is 10.1 Å². The van der Waals surface area contributed by atoms with E-state index in [0.29, 0.717) is 18.7 Å². The number of hydrogen-bond donors (Lipinski definition) is 1. The van der Waals surface area contributed by atoms with E-state index >= 15 is 0 Å². The van der Waals surface area contributed by atoms with Crippen LogP contribution in [-0.4, -0.2) is 28.3 Å². The Labute approximate surface area is 151 Å². The first-order valence-electron chi connectivity index (χ1n) is 8.11. The molecule has 0 saturated carbocycles. The number of hydrogen-bond acceptors (Lipinski definition) is 4. The Morgan fingerprint density at radius 2 is 1.96 bits per heavy atom. The molecule has 2 aromatic carbocycles. The monoisotopic (exact) mass is 355 g/mol. The maximum atomic E-state index is 12.0. The molecule has 1 aromatic heterocycles. The number of aromatic nitrogens is 2. The number of nitrogens with one attached hydrogen (secondary N) is 1. The van der Waals surface area contributed by atoms with Gasteiger partial charge in [-0.05, 0) is 29.8 Å². The highest BCUT2D eigenvalue weighted by Gasteiger charge is 2.09. The van der Waals surface area contributed by atoms with Crippen LogP contribution in [-0.2, 0) is 18.4 Å². The van der Waals surface area contributed by atoms with Crippen molar-refractivity contribution in [2.75, 3.05) is 12.9 Å². The van der Waals surface area contributed by atoms with Crippen LogP contribution in [0.2, 0.25) is 0 Å². The topological polar surface area (TPSA) is 56.1 Å². The molecule has 0 atom stereocenters. The molecule has 0 aliphatic carbocycles. The van der Waals surface area contributed by atoms with Crippen molar-refractivity contribution in [2.24, 2.45) is 7.05 Å². The number of aryl methyl sites for hydroxylation is 1. The molecule has 0 saturated heterocycles. The van der Waals surface area contributed by atoms with Crippen LogP contribution in [0, 0.1) is 0 Å². The van der Waals surface area contributed by atoms with Crippen LogP contribution in [0.4, 0.5) is 0 Å². The first kappa shape index (κ1) is 17.4. The third-order valence-electron chi connectivity index (χ3n) is 3.96. The number of methoxy groups -OCH3 is 1. The second-order valence-electron chi connectivity index (χ2n) is 5.67. The van der Waals surface area contributed by atoms with Crippen molar-refractivity contribution >= 4 is 28.7 Å². The molecular formula is C19H21N3O2S. The van der Waals surface area contributed by atoms with E-state index in [1.807, 2.05) is 55.6 Å². The Kier molecular flexibility index (Phi) is 5.60. The molecule has 1 N–H and O–H groups in total. The lowest BCUT2D eigenvalue weighted by Gasteiger charge is -2.06. The molecule has 1 amide bonds. The van der Waals surface area contributed by atoms with Gasteiger partial charge < -0.3 is 14.6 Å². The molecule has 130 valence electrons. The molecule has 1 heterocycles. The molecule has 0 radical (unpaired) electrons. The number of imidazole rings is 1. The number of para-hydroxylation sites is 2. The fourth-order valence-corrected chi connectivity index (χ4v) is 3.44. The molecule has 0 fully saturated rings. The maximum Gasteiger partial charge on any atom is 0.221 e. The molecule has 3 rings (SSSR count). The minimum atomic E-state index is 0.0436. The van der Waals surface area contributed by atoms with E-state index < -0.39 is 0 Å². The van der Waals surface area contributed by atoms with Crippen molar-refractivity contribution in [3.8, 4) is 5.75 Å². The predicted molar refractivity (Wildman–Crippen MR) is 101 cm³/mol. The van der Waals surface area contributed by atoms with E-state index in [-0.39, 0.29) is 5.91 Å². The van der Waals surface area contributed by atoms with Crippen LogP contribution in [0.5, 0.6) is 5.75 Å². The summed E-state index contributed by atoms with van der Waals surface area (Å²) in [7, 11) is 3.64. The number of nitrogens with zero attached hydrogens (tertiary/aromatic N) is 2. The van der Waals surface area contributed by atoms with Gasteiger partial charge in [0.2, 0.25) is 5.91 Å². The zero-order valence-electron chi connectivity index (χ0n) is 14.4. The molecule has 5 nitrogen and oxygen atoms in total. The van der Waals surface area contributed by atoms with Gasteiger partial charge in [-0.2, -0.15) is 0 Å². The highest BCUT2D eigenvalue weighted by Crippen LogP contribution is 2.23. The SMILES string of the molecule is COc1ccc(CNC(=O)CCSc2nc3ccccc3n2C)cc1. The van der Waals surface area contributed by atoms with Crippen LogP contribution in [0.3, 0.4) is 0 Å². The summed E-state index contributed by atoms with van der Waals surface area (Å²) in [6, 6.07) is 15.7. The molecule has 3 aromatic rings. The quantitative estimate of drug-likeness (QED) is 0.660. The minimum absolute atomic E-state index is 0.0436. The van der Waals surface area contributed by atoms with Gasteiger partial charge in [0.1, 0.15) is 5.75 Å². The number of thioether (sulfide) groups is 1. The first-order valence-corrected chi connectivity index (χ1v) is 9.10. The van der Waals surface area contributed by atoms with Gasteiger partial charge in [0.25, 0.3) is 0 Å². The van der Waals surface area contributed by atoms with Crippen LogP contribution in [0.1, 0.15) is 12.0 Å². The lowest BCUT2D eigenvalue weighted by molar-refractivity contribution is -0.120. The zero-order chi connectivity index (χ0) is 17.6. The summed E-state index contributed by atoms with van der Waals surface area (Å²) in [5.41, 5.74) is 3.14. The van der Waals surface area contributed by atoms with Gasteiger partial charge in [-0.25, -0.2) is 4.98 Å². The van der Waals surface area contributed by atoms with E-state index in [1.165, 1.54) is 0 Å². The number of carbonyl (C=O) groups excluding carboxylic acids is 1. The third-order valence-corrected chi connectivity index (χ3v) is 4.99. The summed E-state index contributed by atoms with van der Waals surface area (Å²) in [5, 5.41) is 3.88. The normalized spacial score (nSPS) is 10.8. The van der Waals surface area contributed by atoms with Gasteiger partial charge in [0, 0.05) is 25.8 Å². The number of rotatable bonds is 7. The van der Waals surface area contributed by atoms with Crippen LogP contribution in [0.15, 0.2) is 53.7 Å². The Morgan fingerprint density at radius 1 is 1.20 bits per heavy atom. The molecule has 0 aliphatic heterocycles. The molecule has 0 bridgehead atoms. The fraction of sp³-hybridized carbons (Fsp3) is 0.263. The Bertz CT molecular complexity index is 859. The number of ether oxygens (including phenoxy) is 1. The highest BCUT2D eigenvalue weighted by atomic mass is 32.2. The molecule has 0 unspecified atom stereocenters. The second-order valence-corrected chi connectivity index (χ2v) is 6.73. The lowest BCUT2D eigenvalue weighted by Crippen LogP contribution is -2.23. The molecule has 6 heteroatoms. The summed E-state index contributed by atoms with van der Waals surface area (Å²) >= 11 is 1.60. The van der Waals surface area contributed by atoms with Crippen molar-refractivity contribution in [3.63, 3.8) is 0 Å². The summed E-state index contributed by atoms with van der Waals surface area (Å²) in [6.45, 7) is 0.528. The van der Waals surface area contributed by atoms with Crippen molar-refractivity contribution in [1.29, 1.82) is 0 Å². The van der Waals surface area contributed by atoms with E-state index in [9.17, 15) is 4.79 Å². The molecule has 0 spiro atoms. The Balaban J connectivity index is 1.46. The zero-order valence-corrected chi connectivity index (χ0v) is 15.2. The van der Waals surface area contributed by atoms with Gasteiger partial charge in [-0.3, -0.25) is 4.79 Å². The van der Waals surface area contributed by atoms with Gasteiger partial charge in [-0.1, -0.05) is 36.0 Å². The molecular weight excluding hydrogens is 334 g/mol. The van der Waals surface area contributed by atoms with E-state index in [4.69, 9.17) is 4.74 Å². The number of carbonyl (C=O) groups is 1. The lowest BCUT2D eigenvalue weighted by atomic mass is 10.2. The van der Waals surface area contributed by atoms with E-state index in [2.05, 4.69) is 14.9 Å². The Hall–Kier alpha value is -2.47. The third kappa shape index (κ3) is 4.33. The summed E-state index contributed by atoms with van der Waals surface area (Å²) in [5.74, 6) is 1.56. The fourth-order valence-electron chi connectivity index (χ4n) is 2.52. The average molecular weight is 355 g/mol. The van der Waals surface area contributed by atoms with Crippen molar-refractivity contribution in [3.05, 3.63) is 54.1 Å². The largest absolute Gasteiger partial charge is 0.497 e. The summed E-state index contributed by atoms with van der Waals surface area (Å²) in [6.07, 6.45) is 0.462. The van der Waals surface area contributed by atoms with Crippen LogP contribution in [0.25, 0.3) is 11.0 Å². The number of benzene rings is 2. The summed E-state index contributed by atoms with van der Waals surface area (Å²) in [4.78, 5) is 16.6. The second kappa shape index (κ2) is 8.07. The summed E-state index contributed by atoms with van der Waals surface area (Å²) < 4.78 is 7.19. The van der Waals surface area contributed by atoms with Crippen molar-refractivity contribution in [2.45, 2.75) is 18.1 Å². The average Bonchev–Trinajstić information content (AvgIpc) is 2.97.